The number of benzene rings is 1. The maximum atomic E-state index is 13.1. The summed E-state index contributed by atoms with van der Waals surface area (Å²) >= 11 is 0. The van der Waals surface area contributed by atoms with Gasteiger partial charge in [-0.3, -0.25) is 4.79 Å². The van der Waals surface area contributed by atoms with E-state index in [1.165, 1.54) is 0 Å². The number of carbonyl (C=O) groups excluding carboxylic acids is 1. The Labute approximate surface area is 147 Å². The average molecular weight is 337 g/mol. The van der Waals surface area contributed by atoms with Gasteiger partial charge >= 0.3 is 0 Å². The fourth-order valence-electron chi connectivity index (χ4n) is 2.86. The van der Waals surface area contributed by atoms with Crippen LogP contribution in [-0.4, -0.2) is 33.7 Å². The van der Waals surface area contributed by atoms with E-state index in [9.17, 15) is 4.79 Å². The lowest BCUT2D eigenvalue weighted by atomic mass is 10.2. The molecule has 0 fully saturated rings. The van der Waals surface area contributed by atoms with Gasteiger partial charge in [0, 0.05) is 19.2 Å². The molecule has 0 aliphatic carbocycles. The van der Waals surface area contributed by atoms with Crippen molar-refractivity contribution in [3.05, 3.63) is 60.5 Å². The largest absolute Gasteiger partial charge is 0.463 e. The molecule has 0 atom stereocenters. The second-order valence-electron chi connectivity index (χ2n) is 5.93. The van der Waals surface area contributed by atoms with Gasteiger partial charge in [0.2, 0.25) is 0 Å². The van der Waals surface area contributed by atoms with Crippen molar-refractivity contribution < 1.29 is 9.21 Å². The smallest absolute Gasteiger partial charge is 0.272 e. The standard InChI is InChI=1S/C20H23N3O2/c1-3-12-22(13-4-2)20(24)18-15-17(19-11-8-14-25-19)21-23(18)16-9-6-5-7-10-16/h5-11,14-15H,3-4,12-13H2,1-2H3. The fraction of sp³-hybridized carbons (Fsp3) is 0.300. The molecule has 0 radical (unpaired) electrons. The quantitative estimate of drug-likeness (QED) is 0.642. The molecule has 0 unspecified atom stereocenters. The Kier molecular flexibility index (Phi) is 5.33. The normalized spacial score (nSPS) is 10.8. The van der Waals surface area contributed by atoms with Gasteiger partial charge in [0.05, 0.1) is 12.0 Å². The highest BCUT2D eigenvalue weighted by atomic mass is 16.3. The van der Waals surface area contributed by atoms with Crippen LogP contribution in [0.1, 0.15) is 37.2 Å². The maximum absolute atomic E-state index is 13.1. The molecule has 0 aliphatic rings. The minimum Gasteiger partial charge on any atom is -0.463 e. The summed E-state index contributed by atoms with van der Waals surface area (Å²) in [7, 11) is 0. The number of rotatable bonds is 7. The molecule has 130 valence electrons. The number of hydrogen-bond donors (Lipinski definition) is 0. The van der Waals surface area contributed by atoms with E-state index in [0.29, 0.717) is 17.1 Å². The van der Waals surface area contributed by atoms with E-state index in [-0.39, 0.29) is 5.91 Å². The minimum atomic E-state index is -0.00198. The molecule has 1 aromatic carbocycles. The molecule has 0 aliphatic heterocycles. The third-order valence-corrected chi connectivity index (χ3v) is 3.98. The van der Waals surface area contributed by atoms with Crippen LogP contribution < -0.4 is 0 Å². The van der Waals surface area contributed by atoms with Crippen molar-refractivity contribution in [2.45, 2.75) is 26.7 Å². The first-order chi connectivity index (χ1) is 12.2. The Morgan fingerprint density at radius 1 is 1.08 bits per heavy atom. The molecule has 0 spiro atoms. The topological polar surface area (TPSA) is 51.3 Å². The third-order valence-electron chi connectivity index (χ3n) is 3.98. The Balaban J connectivity index is 2.05. The first-order valence-electron chi connectivity index (χ1n) is 8.73. The molecule has 0 saturated heterocycles. The third kappa shape index (κ3) is 3.65. The van der Waals surface area contributed by atoms with E-state index in [1.54, 1.807) is 10.9 Å². The molecule has 3 rings (SSSR count). The summed E-state index contributed by atoms with van der Waals surface area (Å²) in [6, 6.07) is 15.2. The Morgan fingerprint density at radius 2 is 1.80 bits per heavy atom. The highest BCUT2D eigenvalue weighted by molar-refractivity contribution is 5.94. The molecule has 0 saturated carbocycles. The Morgan fingerprint density at radius 3 is 2.40 bits per heavy atom. The van der Waals surface area contributed by atoms with Crippen molar-refractivity contribution in [1.82, 2.24) is 14.7 Å². The predicted octanol–water partition coefficient (Wildman–Crippen LogP) is 4.39. The van der Waals surface area contributed by atoms with Crippen LogP contribution in [0.3, 0.4) is 0 Å². The van der Waals surface area contributed by atoms with Gasteiger partial charge in [-0.1, -0.05) is 32.0 Å². The number of para-hydroxylation sites is 1. The summed E-state index contributed by atoms with van der Waals surface area (Å²) in [5.74, 6) is 0.652. The van der Waals surface area contributed by atoms with Crippen LogP contribution >= 0.6 is 0 Å². The van der Waals surface area contributed by atoms with Crippen molar-refractivity contribution in [1.29, 1.82) is 0 Å². The molecule has 25 heavy (non-hydrogen) atoms. The van der Waals surface area contributed by atoms with Crippen molar-refractivity contribution in [2.24, 2.45) is 0 Å². The molecule has 5 nitrogen and oxygen atoms in total. The summed E-state index contributed by atoms with van der Waals surface area (Å²) in [6.45, 7) is 5.64. The summed E-state index contributed by atoms with van der Waals surface area (Å²) in [5.41, 5.74) is 2.07. The van der Waals surface area contributed by atoms with Crippen molar-refractivity contribution in [2.75, 3.05) is 13.1 Å². The van der Waals surface area contributed by atoms with E-state index in [2.05, 4.69) is 18.9 Å². The molecular weight excluding hydrogens is 314 g/mol. The molecule has 1 amide bonds. The van der Waals surface area contributed by atoms with Gasteiger partial charge in [0.1, 0.15) is 11.4 Å². The maximum Gasteiger partial charge on any atom is 0.272 e. The van der Waals surface area contributed by atoms with E-state index in [4.69, 9.17) is 4.42 Å². The summed E-state index contributed by atoms with van der Waals surface area (Å²) in [5, 5.41) is 4.62. The van der Waals surface area contributed by atoms with Gasteiger partial charge in [-0.05, 0) is 37.1 Å². The van der Waals surface area contributed by atoms with Crippen LogP contribution in [0.5, 0.6) is 0 Å². The summed E-state index contributed by atoms with van der Waals surface area (Å²) in [4.78, 5) is 15.0. The van der Waals surface area contributed by atoms with E-state index in [1.807, 2.05) is 53.4 Å². The van der Waals surface area contributed by atoms with Crippen LogP contribution in [0.2, 0.25) is 0 Å². The first kappa shape index (κ1) is 17.0. The van der Waals surface area contributed by atoms with Crippen molar-refractivity contribution in [3.63, 3.8) is 0 Å². The highest BCUT2D eigenvalue weighted by Crippen LogP contribution is 2.23. The molecular formula is C20H23N3O2. The molecule has 2 aromatic heterocycles. The zero-order valence-electron chi connectivity index (χ0n) is 14.7. The lowest BCUT2D eigenvalue weighted by Crippen LogP contribution is -2.33. The average Bonchev–Trinajstić information content (AvgIpc) is 3.31. The Hall–Kier alpha value is -2.82. The molecule has 2 heterocycles. The van der Waals surface area contributed by atoms with Gasteiger partial charge in [-0.15, -0.1) is 0 Å². The van der Waals surface area contributed by atoms with Crippen molar-refractivity contribution >= 4 is 5.91 Å². The lowest BCUT2D eigenvalue weighted by molar-refractivity contribution is 0.0746. The Bertz CT molecular complexity index is 801. The van der Waals surface area contributed by atoms with Gasteiger partial charge in [-0.25, -0.2) is 4.68 Å². The van der Waals surface area contributed by atoms with Gasteiger partial charge in [-0.2, -0.15) is 5.10 Å². The second-order valence-corrected chi connectivity index (χ2v) is 5.93. The first-order valence-corrected chi connectivity index (χ1v) is 8.73. The van der Waals surface area contributed by atoms with Gasteiger partial charge in [0.25, 0.3) is 5.91 Å². The molecule has 0 bridgehead atoms. The second kappa shape index (κ2) is 7.83. The zero-order chi connectivity index (χ0) is 17.6. The van der Waals surface area contributed by atoms with E-state index in [0.717, 1.165) is 31.6 Å². The fourth-order valence-corrected chi connectivity index (χ4v) is 2.86. The summed E-state index contributed by atoms with van der Waals surface area (Å²) < 4.78 is 7.17. The molecule has 3 aromatic rings. The number of hydrogen-bond acceptors (Lipinski definition) is 3. The van der Waals surface area contributed by atoms with Crippen molar-refractivity contribution in [3.8, 4) is 17.1 Å². The van der Waals surface area contributed by atoms with Crippen LogP contribution in [0.4, 0.5) is 0 Å². The zero-order valence-corrected chi connectivity index (χ0v) is 14.7. The van der Waals surface area contributed by atoms with Crippen LogP contribution in [0.25, 0.3) is 17.1 Å². The monoisotopic (exact) mass is 337 g/mol. The number of aromatic nitrogens is 2. The summed E-state index contributed by atoms with van der Waals surface area (Å²) in [6.07, 6.45) is 3.46. The number of furan rings is 1. The van der Waals surface area contributed by atoms with Crippen LogP contribution in [0.15, 0.2) is 59.2 Å². The van der Waals surface area contributed by atoms with Crippen LogP contribution in [-0.2, 0) is 0 Å². The molecule has 0 N–H and O–H groups in total. The molecule has 5 heteroatoms. The lowest BCUT2D eigenvalue weighted by Gasteiger charge is -2.21. The van der Waals surface area contributed by atoms with Gasteiger partial charge in [0.15, 0.2) is 5.76 Å². The van der Waals surface area contributed by atoms with Crippen LogP contribution in [0, 0.1) is 0 Å². The number of amides is 1. The minimum absolute atomic E-state index is 0.00198. The van der Waals surface area contributed by atoms with E-state index < -0.39 is 0 Å². The van der Waals surface area contributed by atoms with E-state index >= 15 is 0 Å². The SMILES string of the molecule is CCCN(CCC)C(=O)c1cc(-c2ccco2)nn1-c1ccccc1. The van der Waals surface area contributed by atoms with Gasteiger partial charge < -0.3 is 9.32 Å². The number of nitrogens with zero attached hydrogens (tertiary/aromatic N) is 3. The number of carbonyl (C=O) groups is 1. The highest BCUT2D eigenvalue weighted by Gasteiger charge is 2.22. The predicted molar refractivity (Wildman–Crippen MR) is 97.8 cm³/mol.